The van der Waals surface area contributed by atoms with Gasteiger partial charge in [-0.25, -0.2) is 14.0 Å². The third-order valence-electron chi connectivity index (χ3n) is 3.98. The van der Waals surface area contributed by atoms with Gasteiger partial charge >= 0.3 is 12.1 Å². The molecule has 8 nitrogen and oxygen atoms in total. The summed E-state index contributed by atoms with van der Waals surface area (Å²) in [5.41, 5.74) is 3.91. The van der Waals surface area contributed by atoms with Crippen molar-refractivity contribution in [3.8, 4) is 0 Å². The molecule has 0 spiro atoms. The van der Waals surface area contributed by atoms with E-state index in [1.54, 1.807) is 5.32 Å². The van der Waals surface area contributed by atoms with Crippen molar-refractivity contribution >= 4 is 23.9 Å². The van der Waals surface area contributed by atoms with Gasteiger partial charge in [-0.05, 0) is 24.1 Å². The molecule has 1 fully saturated rings. The summed E-state index contributed by atoms with van der Waals surface area (Å²) in [4.78, 5) is 48.3. The molecule has 1 heterocycles. The molecule has 1 aromatic carbocycles. The first-order valence-corrected chi connectivity index (χ1v) is 7.79. The Bertz CT molecular complexity index is 707. The van der Waals surface area contributed by atoms with Crippen LogP contribution < -0.4 is 16.4 Å². The highest BCUT2D eigenvalue weighted by molar-refractivity contribution is 6.10. The number of hydrogen-bond donors (Lipinski definition) is 3. The van der Waals surface area contributed by atoms with E-state index in [-0.39, 0.29) is 0 Å². The summed E-state index contributed by atoms with van der Waals surface area (Å²) in [6.07, 6.45) is 1.70. The second kappa shape index (κ2) is 7.29. The van der Waals surface area contributed by atoms with Crippen LogP contribution in [-0.2, 0) is 15.1 Å². The highest BCUT2D eigenvalue weighted by Gasteiger charge is 2.52. The van der Waals surface area contributed by atoms with Crippen molar-refractivity contribution in [3.05, 3.63) is 35.6 Å². The van der Waals surface area contributed by atoms with Gasteiger partial charge < -0.3 is 11.1 Å². The number of nitrogens with one attached hydrogen (secondary N) is 2. The Hall–Kier alpha value is -2.97. The minimum atomic E-state index is -1.37. The molecule has 6 amide bonds. The van der Waals surface area contributed by atoms with Crippen molar-refractivity contribution in [2.45, 2.75) is 31.7 Å². The SMILES string of the molecule is CCCC[C@]1(c2ccc(F)cc2)NC(=O)N(CC(=O)NC(N)=O)C1=O. The van der Waals surface area contributed by atoms with E-state index in [1.807, 2.05) is 6.92 Å². The summed E-state index contributed by atoms with van der Waals surface area (Å²) < 4.78 is 13.2. The number of halogens is 1. The summed E-state index contributed by atoms with van der Waals surface area (Å²) in [5, 5.41) is 4.42. The quantitative estimate of drug-likeness (QED) is 0.661. The number of hydrogen-bond acceptors (Lipinski definition) is 4. The number of nitrogens with two attached hydrogens (primary N) is 1. The minimum Gasteiger partial charge on any atom is -0.351 e. The van der Waals surface area contributed by atoms with E-state index >= 15 is 0 Å². The van der Waals surface area contributed by atoms with E-state index in [9.17, 15) is 23.6 Å². The first kappa shape index (κ1) is 18.4. The second-order valence-corrected chi connectivity index (χ2v) is 5.75. The van der Waals surface area contributed by atoms with Crippen LogP contribution >= 0.6 is 0 Å². The van der Waals surface area contributed by atoms with Crippen molar-refractivity contribution in [2.24, 2.45) is 5.73 Å². The van der Waals surface area contributed by atoms with Crippen LogP contribution in [0.1, 0.15) is 31.7 Å². The first-order chi connectivity index (χ1) is 11.8. The number of amides is 6. The van der Waals surface area contributed by atoms with E-state index in [2.05, 4.69) is 5.32 Å². The largest absolute Gasteiger partial charge is 0.351 e. The number of urea groups is 2. The maximum absolute atomic E-state index is 13.2. The number of primary amides is 1. The van der Waals surface area contributed by atoms with Gasteiger partial charge in [0.2, 0.25) is 5.91 Å². The van der Waals surface area contributed by atoms with Gasteiger partial charge in [-0.3, -0.25) is 19.8 Å². The van der Waals surface area contributed by atoms with Crippen molar-refractivity contribution < 1.29 is 23.6 Å². The van der Waals surface area contributed by atoms with Crippen molar-refractivity contribution in [2.75, 3.05) is 6.54 Å². The minimum absolute atomic E-state index is 0.299. The Kier molecular flexibility index (Phi) is 5.35. The fraction of sp³-hybridized carbons (Fsp3) is 0.375. The zero-order valence-electron chi connectivity index (χ0n) is 13.7. The topological polar surface area (TPSA) is 122 Å². The molecule has 1 saturated heterocycles. The van der Waals surface area contributed by atoms with E-state index in [0.717, 1.165) is 11.3 Å². The number of benzene rings is 1. The molecule has 0 aromatic heterocycles. The van der Waals surface area contributed by atoms with Crippen LogP contribution in [0, 0.1) is 5.82 Å². The Morgan fingerprint density at radius 2 is 1.92 bits per heavy atom. The Morgan fingerprint density at radius 1 is 1.28 bits per heavy atom. The van der Waals surface area contributed by atoms with Crippen LogP contribution in [0.15, 0.2) is 24.3 Å². The molecule has 134 valence electrons. The van der Waals surface area contributed by atoms with Gasteiger partial charge in [0.1, 0.15) is 17.9 Å². The van der Waals surface area contributed by atoms with Crippen LogP contribution in [0.3, 0.4) is 0 Å². The number of rotatable bonds is 6. The highest BCUT2D eigenvalue weighted by Crippen LogP contribution is 2.34. The van der Waals surface area contributed by atoms with Crippen LogP contribution in [0.5, 0.6) is 0 Å². The van der Waals surface area contributed by atoms with Gasteiger partial charge in [-0.2, -0.15) is 0 Å². The van der Waals surface area contributed by atoms with Gasteiger partial charge in [0.25, 0.3) is 5.91 Å². The predicted octanol–water partition coefficient (Wildman–Crippen LogP) is 0.958. The fourth-order valence-electron chi connectivity index (χ4n) is 2.78. The molecule has 25 heavy (non-hydrogen) atoms. The summed E-state index contributed by atoms with van der Waals surface area (Å²) in [6.45, 7) is 1.29. The Labute approximate surface area is 143 Å². The number of carbonyl (C=O) groups is 4. The molecule has 0 bridgehead atoms. The van der Waals surface area contributed by atoms with Gasteiger partial charge in [0.15, 0.2) is 0 Å². The van der Waals surface area contributed by atoms with E-state index in [0.29, 0.717) is 18.4 Å². The average molecular weight is 350 g/mol. The summed E-state index contributed by atoms with van der Waals surface area (Å²) in [5.74, 6) is -1.97. The maximum atomic E-state index is 13.2. The van der Waals surface area contributed by atoms with Gasteiger partial charge in [0, 0.05) is 0 Å². The molecule has 0 saturated carbocycles. The molecule has 1 aromatic rings. The summed E-state index contributed by atoms with van der Waals surface area (Å²) in [6, 6.07) is 3.42. The van der Waals surface area contributed by atoms with Gasteiger partial charge in [-0.1, -0.05) is 31.9 Å². The fourth-order valence-corrected chi connectivity index (χ4v) is 2.78. The summed E-state index contributed by atoms with van der Waals surface area (Å²) in [7, 11) is 0. The van der Waals surface area contributed by atoms with Crippen LogP contribution in [-0.4, -0.2) is 35.3 Å². The van der Waals surface area contributed by atoms with Crippen LogP contribution in [0.25, 0.3) is 0 Å². The Morgan fingerprint density at radius 3 is 2.48 bits per heavy atom. The van der Waals surface area contributed by atoms with Gasteiger partial charge in [0.05, 0.1) is 0 Å². The molecule has 9 heteroatoms. The maximum Gasteiger partial charge on any atom is 0.325 e. The lowest BCUT2D eigenvalue weighted by molar-refractivity contribution is -0.135. The Balaban J connectivity index is 2.33. The number of carbonyl (C=O) groups excluding carboxylic acids is 4. The van der Waals surface area contributed by atoms with E-state index < -0.39 is 41.8 Å². The van der Waals surface area contributed by atoms with Crippen molar-refractivity contribution in [1.82, 2.24) is 15.5 Å². The molecule has 0 radical (unpaired) electrons. The van der Waals surface area contributed by atoms with Crippen LogP contribution in [0.2, 0.25) is 0 Å². The summed E-state index contributed by atoms with van der Waals surface area (Å²) >= 11 is 0. The van der Waals surface area contributed by atoms with E-state index in [4.69, 9.17) is 5.73 Å². The third kappa shape index (κ3) is 3.76. The standard InChI is InChI=1S/C16H19FN4O4/c1-2-3-8-16(10-4-6-11(17)7-5-10)13(23)21(15(25)20-16)9-12(22)19-14(18)24/h4-7H,2-3,8-9H2,1H3,(H,20,25)(H3,18,19,22,24)/t16-/m1/s1. The number of unbranched alkanes of at least 4 members (excludes halogenated alkanes) is 1. The zero-order valence-corrected chi connectivity index (χ0v) is 13.7. The zero-order chi connectivity index (χ0) is 18.6. The van der Waals surface area contributed by atoms with E-state index in [1.165, 1.54) is 24.3 Å². The molecule has 2 rings (SSSR count). The lowest BCUT2D eigenvalue weighted by atomic mass is 9.85. The molecule has 0 aliphatic carbocycles. The molecule has 0 unspecified atom stereocenters. The smallest absolute Gasteiger partial charge is 0.325 e. The van der Waals surface area contributed by atoms with Crippen LogP contribution in [0.4, 0.5) is 14.0 Å². The molecular weight excluding hydrogens is 331 g/mol. The number of nitrogens with zero attached hydrogens (tertiary/aromatic N) is 1. The molecule has 1 aliphatic rings. The third-order valence-corrected chi connectivity index (χ3v) is 3.98. The first-order valence-electron chi connectivity index (χ1n) is 7.79. The second-order valence-electron chi connectivity index (χ2n) is 5.75. The molecular formula is C16H19FN4O4. The molecule has 1 aliphatic heterocycles. The number of imide groups is 2. The predicted molar refractivity (Wildman–Crippen MR) is 85.6 cm³/mol. The normalized spacial score (nSPS) is 19.7. The lowest BCUT2D eigenvalue weighted by Gasteiger charge is -2.27. The molecule has 4 N–H and O–H groups in total. The van der Waals surface area contributed by atoms with Crippen molar-refractivity contribution in [1.29, 1.82) is 0 Å². The van der Waals surface area contributed by atoms with Gasteiger partial charge in [-0.15, -0.1) is 0 Å². The lowest BCUT2D eigenvalue weighted by Crippen LogP contribution is -2.46. The van der Waals surface area contributed by atoms with Crippen molar-refractivity contribution in [3.63, 3.8) is 0 Å². The molecule has 1 atom stereocenters. The monoisotopic (exact) mass is 350 g/mol. The average Bonchev–Trinajstić information content (AvgIpc) is 2.78. The highest BCUT2D eigenvalue weighted by atomic mass is 19.1.